The Morgan fingerprint density at radius 1 is 1.27 bits per heavy atom. The van der Waals surface area contributed by atoms with Gasteiger partial charge in [0, 0.05) is 18.3 Å². The number of para-hydroxylation sites is 2. The number of fused-ring (bicyclic) bond motifs is 1. The minimum atomic E-state index is -0.997. The molecule has 0 aliphatic rings. The van der Waals surface area contributed by atoms with Crippen LogP contribution < -0.4 is 0 Å². The van der Waals surface area contributed by atoms with E-state index >= 15 is 0 Å². The van der Waals surface area contributed by atoms with Crippen molar-refractivity contribution in [2.45, 2.75) is 5.92 Å². The largest absolute Gasteiger partial charge is 0.439 e. The van der Waals surface area contributed by atoms with Crippen LogP contribution in [0.25, 0.3) is 11.1 Å². The van der Waals surface area contributed by atoms with E-state index in [9.17, 15) is 4.79 Å². The lowest BCUT2D eigenvalue weighted by Crippen LogP contribution is -2.13. The van der Waals surface area contributed by atoms with Crippen LogP contribution in [0.1, 0.15) is 22.3 Å². The minimum Gasteiger partial charge on any atom is -0.439 e. The first-order valence-electron chi connectivity index (χ1n) is 6.35. The lowest BCUT2D eigenvalue weighted by atomic mass is 10.0. The summed E-state index contributed by atoms with van der Waals surface area (Å²) in [4.78, 5) is 24.6. The van der Waals surface area contributed by atoms with Gasteiger partial charge in [-0.05, 0) is 12.1 Å². The molecular weight excluding hydrogens is 280 g/mol. The number of carbonyl (C=O) groups is 1. The molecule has 1 aromatic carbocycles. The standard InChI is InChI=1S/C16H8N4O2/c17-7-3-4-11(15(21)13-10-18-8-9-19-13)16-20-12-5-1-2-6-14(12)22-16/h1-2,5-6,8-11H. The molecular formula is C16H8N4O2. The molecule has 22 heavy (non-hydrogen) atoms. The zero-order chi connectivity index (χ0) is 15.4. The number of hydrogen-bond acceptors (Lipinski definition) is 6. The van der Waals surface area contributed by atoms with Crippen LogP contribution in [-0.4, -0.2) is 20.7 Å². The van der Waals surface area contributed by atoms with Crippen LogP contribution in [-0.2, 0) is 0 Å². The lowest BCUT2D eigenvalue weighted by molar-refractivity contribution is 0.0965. The summed E-state index contributed by atoms with van der Waals surface area (Å²) in [7, 11) is 0. The number of aromatic nitrogens is 3. The Kier molecular flexibility index (Phi) is 3.59. The highest BCUT2D eigenvalue weighted by Gasteiger charge is 2.26. The van der Waals surface area contributed by atoms with Crippen molar-refractivity contribution in [2.24, 2.45) is 0 Å². The van der Waals surface area contributed by atoms with Crippen LogP contribution in [0.3, 0.4) is 0 Å². The molecule has 1 atom stereocenters. The molecule has 104 valence electrons. The first-order valence-corrected chi connectivity index (χ1v) is 6.35. The third-order valence-electron chi connectivity index (χ3n) is 2.91. The first kappa shape index (κ1) is 13.5. The number of nitrogens with zero attached hydrogens (tertiary/aromatic N) is 4. The Balaban J connectivity index is 2.07. The molecule has 0 N–H and O–H groups in total. The van der Waals surface area contributed by atoms with Gasteiger partial charge in [0.15, 0.2) is 17.6 Å². The predicted molar refractivity (Wildman–Crippen MR) is 76.5 cm³/mol. The van der Waals surface area contributed by atoms with Crippen molar-refractivity contribution < 1.29 is 9.21 Å². The van der Waals surface area contributed by atoms with Crippen LogP contribution in [0, 0.1) is 23.2 Å². The zero-order valence-corrected chi connectivity index (χ0v) is 11.2. The highest BCUT2D eigenvalue weighted by atomic mass is 16.3. The van der Waals surface area contributed by atoms with E-state index in [2.05, 4.69) is 26.8 Å². The van der Waals surface area contributed by atoms with Gasteiger partial charge in [-0.1, -0.05) is 18.1 Å². The van der Waals surface area contributed by atoms with Gasteiger partial charge >= 0.3 is 0 Å². The fourth-order valence-corrected chi connectivity index (χ4v) is 1.93. The monoisotopic (exact) mass is 288 g/mol. The van der Waals surface area contributed by atoms with E-state index in [1.165, 1.54) is 18.6 Å². The van der Waals surface area contributed by atoms with Gasteiger partial charge in [0.2, 0.25) is 11.7 Å². The van der Waals surface area contributed by atoms with Crippen molar-refractivity contribution in [3.05, 3.63) is 54.4 Å². The summed E-state index contributed by atoms with van der Waals surface area (Å²) in [5.74, 6) is 3.52. The summed E-state index contributed by atoms with van der Waals surface area (Å²) in [6.07, 6.45) is 4.21. The molecule has 0 saturated carbocycles. The number of rotatable bonds is 3. The maximum atomic E-state index is 12.5. The second-order valence-corrected chi connectivity index (χ2v) is 4.29. The SMILES string of the molecule is N#CC#CC(C(=O)c1cnccn1)c1nc2ccccc2o1. The van der Waals surface area contributed by atoms with Gasteiger partial charge in [-0.2, -0.15) is 5.26 Å². The lowest BCUT2D eigenvalue weighted by Gasteiger charge is -2.04. The van der Waals surface area contributed by atoms with Gasteiger partial charge in [-0.15, -0.1) is 0 Å². The van der Waals surface area contributed by atoms with E-state index in [-0.39, 0.29) is 11.6 Å². The van der Waals surface area contributed by atoms with Crippen molar-refractivity contribution in [3.8, 4) is 17.9 Å². The third-order valence-corrected chi connectivity index (χ3v) is 2.91. The molecule has 0 aliphatic carbocycles. The number of hydrogen-bond donors (Lipinski definition) is 0. The minimum absolute atomic E-state index is 0.139. The molecule has 2 heterocycles. The molecule has 6 nitrogen and oxygen atoms in total. The van der Waals surface area contributed by atoms with Gasteiger partial charge in [0.1, 0.15) is 11.2 Å². The smallest absolute Gasteiger partial charge is 0.218 e. The molecule has 0 saturated heterocycles. The number of carbonyl (C=O) groups excluding carboxylic acids is 1. The van der Waals surface area contributed by atoms with E-state index < -0.39 is 11.7 Å². The van der Waals surface area contributed by atoms with Crippen molar-refractivity contribution in [2.75, 3.05) is 0 Å². The van der Waals surface area contributed by atoms with Crippen molar-refractivity contribution in [3.63, 3.8) is 0 Å². The molecule has 2 aromatic heterocycles. The fraction of sp³-hybridized carbons (Fsp3) is 0.0625. The highest BCUT2D eigenvalue weighted by molar-refractivity contribution is 6.01. The van der Waals surface area contributed by atoms with Crippen LogP contribution >= 0.6 is 0 Å². The maximum absolute atomic E-state index is 12.5. The molecule has 0 bridgehead atoms. The summed E-state index contributed by atoms with van der Waals surface area (Å²) in [6, 6.07) is 8.82. The van der Waals surface area contributed by atoms with Crippen molar-refractivity contribution in [1.82, 2.24) is 15.0 Å². The Morgan fingerprint density at radius 2 is 2.14 bits per heavy atom. The number of oxazole rings is 1. The molecule has 0 fully saturated rings. The van der Waals surface area contributed by atoms with E-state index in [0.29, 0.717) is 11.1 Å². The molecule has 0 aliphatic heterocycles. The Bertz CT molecular complexity index is 896. The first-order chi connectivity index (χ1) is 10.8. The van der Waals surface area contributed by atoms with Crippen LogP contribution in [0.2, 0.25) is 0 Å². The Hall–Kier alpha value is -3.51. The molecule has 6 heteroatoms. The summed E-state index contributed by atoms with van der Waals surface area (Å²) in [6.45, 7) is 0. The molecule has 3 aromatic rings. The summed E-state index contributed by atoms with van der Waals surface area (Å²) in [5, 5.41) is 8.64. The molecule has 1 unspecified atom stereocenters. The fourth-order valence-electron chi connectivity index (χ4n) is 1.93. The van der Waals surface area contributed by atoms with E-state index in [1.807, 2.05) is 6.07 Å². The summed E-state index contributed by atoms with van der Waals surface area (Å²) in [5.41, 5.74) is 1.31. The summed E-state index contributed by atoms with van der Waals surface area (Å²) < 4.78 is 5.58. The molecule has 3 rings (SSSR count). The van der Waals surface area contributed by atoms with E-state index in [0.717, 1.165) is 0 Å². The number of nitriles is 1. The second kappa shape index (κ2) is 5.86. The van der Waals surface area contributed by atoms with Crippen LogP contribution in [0.4, 0.5) is 0 Å². The number of benzene rings is 1. The zero-order valence-electron chi connectivity index (χ0n) is 11.2. The van der Waals surface area contributed by atoms with Gasteiger partial charge < -0.3 is 4.42 Å². The van der Waals surface area contributed by atoms with Crippen LogP contribution in [0.15, 0.2) is 47.3 Å². The number of ketones is 1. The quantitative estimate of drug-likeness (QED) is 0.541. The maximum Gasteiger partial charge on any atom is 0.218 e. The predicted octanol–water partition coefficient (Wildman–Crippen LogP) is 2.11. The van der Waals surface area contributed by atoms with E-state index in [1.54, 1.807) is 24.3 Å². The average Bonchev–Trinajstić information content (AvgIpc) is 2.99. The second-order valence-electron chi connectivity index (χ2n) is 4.29. The Morgan fingerprint density at radius 3 is 2.86 bits per heavy atom. The third kappa shape index (κ3) is 2.54. The average molecular weight is 288 g/mol. The summed E-state index contributed by atoms with van der Waals surface area (Å²) >= 11 is 0. The van der Waals surface area contributed by atoms with Crippen molar-refractivity contribution in [1.29, 1.82) is 5.26 Å². The van der Waals surface area contributed by atoms with Crippen LogP contribution in [0.5, 0.6) is 0 Å². The van der Waals surface area contributed by atoms with Gasteiger partial charge in [0.05, 0.1) is 6.20 Å². The number of Topliss-reactive ketones (excluding diaryl/α,β-unsaturated/α-hetero) is 1. The van der Waals surface area contributed by atoms with Gasteiger partial charge in [-0.3, -0.25) is 9.78 Å². The van der Waals surface area contributed by atoms with Gasteiger partial charge in [0.25, 0.3) is 0 Å². The topological polar surface area (TPSA) is 92.7 Å². The highest BCUT2D eigenvalue weighted by Crippen LogP contribution is 2.23. The van der Waals surface area contributed by atoms with Crippen molar-refractivity contribution >= 4 is 16.9 Å². The molecule has 0 spiro atoms. The van der Waals surface area contributed by atoms with E-state index in [4.69, 9.17) is 9.68 Å². The Labute approximate surface area is 125 Å². The molecule has 0 amide bonds. The normalized spacial score (nSPS) is 11.2. The van der Waals surface area contributed by atoms with Gasteiger partial charge in [-0.25, -0.2) is 9.97 Å². The molecule has 0 radical (unpaired) electrons.